The van der Waals surface area contributed by atoms with Crippen molar-refractivity contribution >= 4 is 11.9 Å². The average molecular weight is 870 g/mol. The van der Waals surface area contributed by atoms with Crippen LogP contribution in [0.4, 0.5) is 0 Å². The second-order valence-corrected chi connectivity index (χ2v) is 22.8. The standard InChI is InChI=1S/2C24H40O5.Mn/c2*1-13(4-7-21(28)29)16-5-6-17-22-18(12-20(27)24(16,17)3)23(2)9-8-15(25)10-14(23)11-19(22)26;/h2*13-20,22,25-27H,4-12H2,1-3H3,(H,28,29);/q;;+2/p-2/t2*13-,14+,15-,16-,17+,18+,19-,20+,22+,23+,24-;/m11./s1. The largest absolute Gasteiger partial charge is 2.00 e. The fraction of sp³-hybridized carbons (Fsp3) is 0.958. The van der Waals surface area contributed by atoms with Crippen LogP contribution in [0.1, 0.15) is 157 Å². The molecule has 6 N–H and O–H groups in total. The summed E-state index contributed by atoms with van der Waals surface area (Å²) in [4.78, 5) is 21.9. The van der Waals surface area contributed by atoms with E-state index >= 15 is 0 Å². The van der Waals surface area contributed by atoms with Gasteiger partial charge in [-0.05, 0) is 208 Å². The molecular weight excluding hydrogens is 791 g/mol. The molecule has 8 saturated carbocycles. The molecule has 8 fully saturated rings. The summed E-state index contributed by atoms with van der Waals surface area (Å²) in [6.45, 7) is 13.3. The van der Waals surface area contributed by atoms with Crippen LogP contribution >= 0.6 is 0 Å². The Labute approximate surface area is 364 Å². The molecule has 8 rings (SSSR count). The fourth-order valence-electron chi connectivity index (χ4n) is 17.4. The second-order valence-electron chi connectivity index (χ2n) is 22.8. The van der Waals surface area contributed by atoms with Crippen LogP contribution in [-0.4, -0.2) is 79.2 Å². The molecule has 8 aliphatic carbocycles. The molecule has 0 aromatic heterocycles. The van der Waals surface area contributed by atoms with Crippen molar-refractivity contribution in [2.75, 3.05) is 0 Å². The van der Waals surface area contributed by atoms with Gasteiger partial charge in [0, 0.05) is 11.9 Å². The third kappa shape index (κ3) is 8.05. The van der Waals surface area contributed by atoms with Gasteiger partial charge in [0.15, 0.2) is 0 Å². The molecule has 1 radical (unpaired) electrons. The normalized spacial score (nSPS) is 52.0. The molecule has 0 heterocycles. The van der Waals surface area contributed by atoms with Crippen molar-refractivity contribution in [1.29, 1.82) is 0 Å². The first-order valence-electron chi connectivity index (χ1n) is 23.7. The topological polar surface area (TPSA) is 202 Å². The van der Waals surface area contributed by atoms with Crippen LogP contribution in [0.15, 0.2) is 0 Å². The molecule has 0 aromatic rings. The molecule has 59 heavy (non-hydrogen) atoms. The van der Waals surface area contributed by atoms with Crippen molar-refractivity contribution in [1.82, 2.24) is 0 Å². The predicted octanol–water partition coefficient (Wildman–Crippen LogP) is 4.23. The zero-order valence-corrected chi connectivity index (χ0v) is 38.0. The first-order chi connectivity index (χ1) is 27.2. The van der Waals surface area contributed by atoms with Crippen LogP contribution in [0.3, 0.4) is 0 Å². The van der Waals surface area contributed by atoms with Gasteiger partial charge in [-0.2, -0.15) is 0 Å². The van der Waals surface area contributed by atoms with Crippen LogP contribution in [0, 0.1) is 92.7 Å². The molecule has 0 amide bonds. The quantitative estimate of drug-likeness (QED) is 0.192. The van der Waals surface area contributed by atoms with Gasteiger partial charge >= 0.3 is 17.1 Å². The van der Waals surface area contributed by atoms with Gasteiger partial charge in [0.2, 0.25) is 0 Å². The molecule has 0 saturated heterocycles. The number of hydrogen-bond donors (Lipinski definition) is 6. The Morgan fingerprint density at radius 2 is 0.898 bits per heavy atom. The monoisotopic (exact) mass is 869 g/mol. The SMILES string of the molecule is C[C@H](CCC(=O)[O-])[C@H]1CC[C@H]2[C@@H]3[C@H](O)C[C@@H]4C[C@H](O)CC[C@]4(C)[C@H]3C[C@H](O)[C@]12C.C[C@H](CCC(=O)[O-])[C@H]1CC[C@H]2[C@@H]3[C@H](O)C[C@@H]4C[C@H](O)CC[C@]4(C)[C@H]3C[C@H](O)[C@]12C.[Mn+2]. The number of aliphatic carboxylic acids is 2. The van der Waals surface area contributed by atoms with Crippen LogP contribution in [0.25, 0.3) is 0 Å². The number of rotatable bonds is 8. The Morgan fingerprint density at radius 3 is 1.24 bits per heavy atom. The van der Waals surface area contributed by atoms with Gasteiger partial charge in [0.1, 0.15) is 0 Å². The van der Waals surface area contributed by atoms with Gasteiger partial charge in [0.25, 0.3) is 0 Å². The van der Waals surface area contributed by atoms with Gasteiger partial charge in [-0.3, -0.25) is 0 Å². The smallest absolute Gasteiger partial charge is 0.550 e. The van der Waals surface area contributed by atoms with E-state index < -0.39 is 24.1 Å². The van der Waals surface area contributed by atoms with Crippen molar-refractivity contribution in [3.8, 4) is 0 Å². The molecule has 0 unspecified atom stereocenters. The molecule has 0 spiro atoms. The van der Waals surface area contributed by atoms with Crippen LogP contribution in [0.5, 0.6) is 0 Å². The first-order valence-corrected chi connectivity index (χ1v) is 23.7. The van der Waals surface area contributed by atoms with E-state index in [-0.39, 0.29) is 123 Å². The molecular formula is C48H78MnO10. The second kappa shape index (κ2) is 17.7. The fourth-order valence-corrected chi connectivity index (χ4v) is 17.4. The summed E-state index contributed by atoms with van der Waals surface area (Å²) >= 11 is 0. The molecule has 22 atom stereocenters. The minimum atomic E-state index is -0.998. The van der Waals surface area contributed by atoms with E-state index in [9.17, 15) is 50.4 Å². The number of carbonyl (C=O) groups is 2. The van der Waals surface area contributed by atoms with E-state index in [1.165, 1.54) is 0 Å². The van der Waals surface area contributed by atoms with E-state index in [0.29, 0.717) is 36.5 Å². The molecule has 8 aliphatic rings. The van der Waals surface area contributed by atoms with Crippen LogP contribution in [0.2, 0.25) is 0 Å². The molecule has 0 bridgehead atoms. The molecule has 0 aliphatic heterocycles. The Bertz CT molecular complexity index is 1390. The van der Waals surface area contributed by atoms with Gasteiger partial charge in [0.05, 0.1) is 36.6 Å². The van der Waals surface area contributed by atoms with Crippen molar-refractivity contribution < 1.29 is 67.5 Å². The van der Waals surface area contributed by atoms with Crippen molar-refractivity contribution in [3.63, 3.8) is 0 Å². The summed E-state index contributed by atoms with van der Waals surface area (Å²) in [5.74, 6) is 1.27. The number of fused-ring (bicyclic) bond motifs is 10. The van der Waals surface area contributed by atoms with E-state index in [0.717, 1.165) is 89.9 Å². The first kappa shape index (κ1) is 47.7. The number of carboxylic acid groups (broad SMARTS) is 2. The molecule has 337 valence electrons. The van der Waals surface area contributed by atoms with E-state index in [2.05, 4.69) is 41.5 Å². The number of aliphatic hydroxyl groups excluding tert-OH is 6. The summed E-state index contributed by atoms with van der Waals surface area (Å²) in [7, 11) is 0. The average Bonchev–Trinajstić information content (AvgIpc) is 3.70. The van der Waals surface area contributed by atoms with E-state index in [4.69, 9.17) is 0 Å². The zero-order chi connectivity index (χ0) is 42.3. The number of carbonyl (C=O) groups excluding carboxylic acids is 2. The van der Waals surface area contributed by atoms with Gasteiger partial charge in [-0.25, -0.2) is 0 Å². The van der Waals surface area contributed by atoms with Crippen molar-refractivity contribution in [3.05, 3.63) is 0 Å². The molecule has 11 heteroatoms. The maximum atomic E-state index is 11.5. The maximum Gasteiger partial charge on any atom is 2.00 e. The summed E-state index contributed by atoms with van der Waals surface area (Å²) in [6.07, 6.45) is 11.4. The van der Waals surface area contributed by atoms with Crippen molar-refractivity contribution in [2.24, 2.45) is 92.7 Å². The van der Waals surface area contributed by atoms with Gasteiger partial charge in [-0.1, -0.05) is 41.5 Å². The molecule has 0 aromatic carbocycles. The number of carboxylic acids is 2. The van der Waals surface area contributed by atoms with Crippen molar-refractivity contribution in [2.45, 2.75) is 194 Å². The van der Waals surface area contributed by atoms with E-state index in [1.54, 1.807) is 0 Å². The number of hydrogen-bond acceptors (Lipinski definition) is 10. The third-order valence-electron chi connectivity index (χ3n) is 20.6. The Hall–Kier alpha value is -0.781. The third-order valence-corrected chi connectivity index (χ3v) is 20.6. The molecule has 10 nitrogen and oxygen atoms in total. The number of aliphatic hydroxyl groups is 6. The summed E-state index contributed by atoms with van der Waals surface area (Å²) in [5.41, 5.74) is -0.343. The Balaban J connectivity index is 0.000000195. The van der Waals surface area contributed by atoms with E-state index in [1.807, 2.05) is 0 Å². The Kier molecular flexibility index (Phi) is 14.3. The summed E-state index contributed by atoms with van der Waals surface area (Å²) < 4.78 is 0. The van der Waals surface area contributed by atoms with Gasteiger partial charge < -0.3 is 50.4 Å². The summed E-state index contributed by atoms with van der Waals surface area (Å²) in [6, 6.07) is 0. The van der Waals surface area contributed by atoms with Crippen LogP contribution < -0.4 is 10.2 Å². The van der Waals surface area contributed by atoms with Crippen LogP contribution in [-0.2, 0) is 26.7 Å². The van der Waals surface area contributed by atoms with Gasteiger partial charge in [-0.15, -0.1) is 0 Å². The Morgan fingerprint density at radius 1 is 0.542 bits per heavy atom. The minimum absolute atomic E-state index is 0. The summed E-state index contributed by atoms with van der Waals surface area (Å²) in [5, 5.41) is 87.7. The minimum Gasteiger partial charge on any atom is -0.550 e. The zero-order valence-electron chi connectivity index (χ0n) is 36.8. The predicted molar refractivity (Wildman–Crippen MR) is 215 cm³/mol. The maximum absolute atomic E-state index is 11.5.